The predicted molar refractivity (Wildman–Crippen MR) is 82.9 cm³/mol. The van der Waals surface area contributed by atoms with Crippen LogP contribution < -0.4 is 0 Å². The van der Waals surface area contributed by atoms with E-state index in [-0.39, 0.29) is 12.5 Å². The molecule has 3 nitrogen and oxygen atoms in total. The molecule has 0 aromatic heterocycles. The van der Waals surface area contributed by atoms with Crippen LogP contribution in [0.25, 0.3) is 0 Å². The van der Waals surface area contributed by atoms with Gasteiger partial charge >= 0.3 is 5.97 Å². The molecule has 1 aromatic rings. The molecule has 6 heteroatoms. The first-order valence-corrected chi connectivity index (χ1v) is 8.36. The number of carbonyl (C=O) groups is 1. The minimum atomic E-state index is -0.727. The van der Waals surface area contributed by atoms with E-state index >= 15 is 0 Å². The van der Waals surface area contributed by atoms with Gasteiger partial charge in [0.25, 0.3) is 0 Å². The van der Waals surface area contributed by atoms with E-state index in [4.69, 9.17) is 16.7 Å². The van der Waals surface area contributed by atoms with Gasteiger partial charge in [0.15, 0.2) is 0 Å². The van der Waals surface area contributed by atoms with E-state index in [0.717, 1.165) is 34.6 Å². The molecule has 0 radical (unpaired) electrons. The number of hydrogen-bond acceptors (Lipinski definition) is 3. The highest BCUT2D eigenvalue weighted by atomic mass is 79.9. The number of halogens is 2. The molecule has 2 rings (SSSR count). The van der Waals surface area contributed by atoms with Gasteiger partial charge in [0.05, 0.1) is 11.4 Å². The number of hydrogen-bond donors (Lipinski definition) is 1. The molecule has 1 aromatic carbocycles. The highest BCUT2D eigenvalue weighted by Crippen LogP contribution is 2.26. The number of carboxylic acid groups (broad SMARTS) is 1. The molecule has 1 aliphatic rings. The molecule has 0 amide bonds. The van der Waals surface area contributed by atoms with Crippen molar-refractivity contribution in [2.75, 3.05) is 18.1 Å². The second-order valence-electron chi connectivity index (χ2n) is 4.55. The molecule has 1 aliphatic heterocycles. The Labute approximate surface area is 130 Å². The Balaban J connectivity index is 2.06. The fourth-order valence-corrected chi connectivity index (χ4v) is 3.83. The van der Waals surface area contributed by atoms with E-state index in [1.807, 2.05) is 30.0 Å². The highest BCUT2D eigenvalue weighted by molar-refractivity contribution is 9.10. The number of aliphatic carboxylic acids is 1. The first kappa shape index (κ1) is 15.2. The summed E-state index contributed by atoms with van der Waals surface area (Å²) < 4.78 is 0.882. The maximum atomic E-state index is 10.9. The summed E-state index contributed by atoms with van der Waals surface area (Å²) in [6.45, 7) is 1.71. The van der Waals surface area contributed by atoms with Gasteiger partial charge in [-0.05, 0) is 33.6 Å². The molecule has 1 heterocycles. The molecule has 1 N–H and O–H groups in total. The SMILES string of the molecule is O=C(O)CC1CSCCN1Cc1ccc(Cl)c(Br)c1. The summed E-state index contributed by atoms with van der Waals surface area (Å²) in [7, 11) is 0. The molecule has 1 unspecified atom stereocenters. The van der Waals surface area contributed by atoms with Gasteiger partial charge < -0.3 is 5.11 Å². The average molecular weight is 365 g/mol. The normalized spacial score (nSPS) is 20.4. The number of benzene rings is 1. The molecule has 0 spiro atoms. The molecule has 1 atom stereocenters. The third-order valence-electron chi connectivity index (χ3n) is 3.13. The van der Waals surface area contributed by atoms with Gasteiger partial charge in [-0.1, -0.05) is 17.7 Å². The van der Waals surface area contributed by atoms with Gasteiger partial charge in [-0.3, -0.25) is 9.69 Å². The van der Waals surface area contributed by atoms with E-state index in [2.05, 4.69) is 20.8 Å². The van der Waals surface area contributed by atoms with Gasteiger partial charge in [-0.15, -0.1) is 0 Å². The Morgan fingerprint density at radius 1 is 1.58 bits per heavy atom. The molecular weight excluding hydrogens is 350 g/mol. The zero-order valence-corrected chi connectivity index (χ0v) is 13.5. The molecule has 104 valence electrons. The van der Waals surface area contributed by atoms with Crippen molar-refractivity contribution in [3.63, 3.8) is 0 Å². The quantitative estimate of drug-likeness (QED) is 0.888. The fourth-order valence-electron chi connectivity index (χ4n) is 2.16. The van der Waals surface area contributed by atoms with E-state index < -0.39 is 5.97 Å². The number of thioether (sulfide) groups is 1. The summed E-state index contributed by atoms with van der Waals surface area (Å²) in [4.78, 5) is 13.2. The minimum absolute atomic E-state index is 0.116. The second-order valence-corrected chi connectivity index (χ2v) is 6.96. The van der Waals surface area contributed by atoms with Crippen LogP contribution in [0.2, 0.25) is 5.02 Å². The van der Waals surface area contributed by atoms with Gasteiger partial charge in [-0.25, -0.2) is 0 Å². The summed E-state index contributed by atoms with van der Waals surface area (Å²) in [5.41, 5.74) is 1.15. The maximum absolute atomic E-state index is 10.9. The average Bonchev–Trinajstić information content (AvgIpc) is 2.36. The van der Waals surface area contributed by atoms with Crippen LogP contribution in [-0.4, -0.2) is 40.1 Å². The van der Waals surface area contributed by atoms with Crippen molar-refractivity contribution in [1.82, 2.24) is 4.90 Å². The lowest BCUT2D eigenvalue weighted by Crippen LogP contribution is -2.42. The second kappa shape index (κ2) is 6.97. The Kier molecular flexibility index (Phi) is 5.57. The Morgan fingerprint density at radius 3 is 3.05 bits per heavy atom. The largest absolute Gasteiger partial charge is 0.481 e. The van der Waals surface area contributed by atoms with Crippen molar-refractivity contribution in [3.8, 4) is 0 Å². The molecule has 19 heavy (non-hydrogen) atoms. The van der Waals surface area contributed by atoms with Crippen LogP contribution in [0.15, 0.2) is 22.7 Å². The first-order chi connectivity index (χ1) is 9.06. The molecular formula is C13H15BrClNO2S. The monoisotopic (exact) mass is 363 g/mol. The Hall–Kier alpha value is -0.230. The fraction of sp³-hybridized carbons (Fsp3) is 0.462. The lowest BCUT2D eigenvalue weighted by molar-refractivity contribution is -0.138. The maximum Gasteiger partial charge on any atom is 0.304 e. The van der Waals surface area contributed by atoms with Gasteiger partial charge in [-0.2, -0.15) is 11.8 Å². The highest BCUT2D eigenvalue weighted by Gasteiger charge is 2.25. The van der Waals surface area contributed by atoms with E-state index in [9.17, 15) is 4.79 Å². The zero-order chi connectivity index (χ0) is 13.8. The van der Waals surface area contributed by atoms with Crippen molar-refractivity contribution < 1.29 is 9.90 Å². The van der Waals surface area contributed by atoms with E-state index in [1.165, 1.54) is 0 Å². The molecule has 1 fully saturated rings. The summed E-state index contributed by atoms with van der Waals surface area (Å²) in [6.07, 6.45) is 0.210. The smallest absolute Gasteiger partial charge is 0.304 e. The van der Waals surface area contributed by atoms with Gasteiger partial charge in [0.2, 0.25) is 0 Å². The summed E-state index contributed by atoms with van der Waals surface area (Å²) in [5, 5.41) is 9.66. The summed E-state index contributed by atoms with van der Waals surface area (Å²) in [5.74, 6) is 1.22. The van der Waals surface area contributed by atoms with Crippen molar-refractivity contribution in [2.45, 2.75) is 19.0 Å². The van der Waals surface area contributed by atoms with Crippen LogP contribution >= 0.6 is 39.3 Å². The van der Waals surface area contributed by atoms with Crippen molar-refractivity contribution in [2.24, 2.45) is 0 Å². The van der Waals surface area contributed by atoms with Gasteiger partial charge in [0.1, 0.15) is 0 Å². The standard InChI is InChI=1S/C13H15BrClNO2S/c14-11-5-9(1-2-12(11)15)7-16-3-4-19-8-10(16)6-13(17)18/h1-2,5,10H,3-4,6-8H2,(H,17,18). The van der Waals surface area contributed by atoms with Crippen LogP contribution in [-0.2, 0) is 11.3 Å². The van der Waals surface area contributed by atoms with E-state index in [0.29, 0.717) is 5.02 Å². The van der Waals surface area contributed by atoms with Crippen LogP contribution in [0.1, 0.15) is 12.0 Å². The van der Waals surface area contributed by atoms with Crippen LogP contribution in [0.5, 0.6) is 0 Å². The van der Waals surface area contributed by atoms with Crippen LogP contribution in [0.4, 0.5) is 0 Å². The zero-order valence-electron chi connectivity index (χ0n) is 10.3. The van der Waals surface area contributed by atoms with Crippen molar-refractivity contribution in [1.29, 1.82) is 0 Å². The molecule has 0 saturated carbocycles. The Bertz CT molecular complexity index is 472. The summed E-state index contributed by atoms with van der Waals surface area (Å²) >= 11 is 11.2. The lowest BCUT2D eigenvalue weighted by atomic mass is 10.1. The van der Waals surface area contributed by atoms with Crippen LogP contribution in [0.3, 0.4) is 0 Å². The molecule has 0 bridgehead atoms. The number of carboxylic acids is 1. The molecule has 0 aliphatic carbocycles. The van der Waals surface area contributed by atoms with Gasteiger partial charge in [0, 0.05) is 35.1 Å². The third kappa shape index (κ3) is 4.38. The van der Waals surface area contributed by atoms with Crippen LogP contribution in [0, 0.1) is 0 Å². The molecule has 1 saturated heterocycles. The van der Waals surface area contributed by atoms with E-state index in [1.54, 1.807) is 0 Å². The lowest BCUT2D eigenvalue weighted by Gasteiger charge is -2.34. The predicted octanol–water partition coefficient (Wildman–Crippen LogP) is 3.49. The first-order valence-electron chi connectivity index (χ1n) is 6.04. The summed E-state index contributed by atoms with van der Waals surface area (Å²) in [6, 6.07) is 5.98. The Morgan fingerprint density at radius 2 is 2.37 bits per heavy atom. The third-order valence-corrected chi connectivity index (χ3v) is 5.44. The number of rotatable bonds is 4. The minimum Gasteiger partial charge on any atom is -0.481 e. The number of nitrogens with zero attached hydrogens (tertiary/aromatic N) is 1. The topological polar surface area (TPSA) is 40.5 Å². The van der Waals surface area contributed by atoms with Crippen molar-refractivity contribution >= 4 is 45.3 Å². The van der Waals surface area contributed by atoms with Crippen molar-refractivity contribution in [3.05, 3.63) is 33.3 Å².